The Kier molecular flexibility index (Phi) is 4.03. The summed E-state index contributed by atoms with van der Waals surface area (Å²) in [5, 5.41) is 4.65. The first-order chi connectivity index (χ1) is 9.83. The number of rotatable bonds is 4. The van der Waals surface area contributed by atoms with Crippen molar-refractivity contribution in [3.63, 3.8) is 0 Å². The quantitative estimate of drug-likeness (QED) is 0.929. The molecule has 106 valence electrons. The third-order valence-corrected chi connectivity index (χ3v) is 4.98. The molecule has 3 rings (SSSR count). The number of aromatic nitrogens is 1. The van der Waals surface area contributed by atoms with Crippen LogP contribution in [0.2, 0.25) is 0 Å². The third kappa shape index (κ3) is 2.45. The summed E-state index contributed by atoms with van der Waals surface area (Å²) in [6.07, 6.45) is 3.54. The molecule has 1 aliphatic carbocycles. The first kappa shape index (κ1) is 13.6. The number of nitrogens with one attached hydrogen (secondary N) is 1. The average molecular weight is 288 g/mol. The van der Waals surface area contributed by atoms with Crippen LogP contribution in [-0.2, 0) is 6.42 Å². The predicted octanol–water partition coefficient (Wildman–Crippen LogP) is 3.81. The summed E-state index contributed by atoms with van der Waals surface area (Å²) in [5.74, 6) is 0.901. The van der Waals surface area contributed by atoms with Crippen molar-refractivity contribution < 1.29 is 4.74 Å². The molecule has 0 bridgehead atoms. The normalized spacial score (nSPS) is 17.8. The van der Waals surface area contributed by atoms with Crippen molar-refractivity contribution in [1.82, 2.24) is 10.3 Å². The van der Waals surface area contributed by atoms with Crippen molar-refractivity contribution in [3.8, 4) is 16.3 Å². The molecule has 0 radical (unpaired) electrons. The topological polar surface area (TPSA) is 34.2 Å². The van der Waals surface area contributed by atoms with E-state index in [2.05, 4.69) is 18.3 Å². The van der Waals surface area contributed by atoms with Gasteiger partial charge in [0.2, 0.25) is 0 Å². The molecule has 1 heterocycles. The van der Waals surface area contributed by atoms with Gasteiger partial charge in [-0.3, -0.25) is 0 Å². The summed E-state index contributed by atoms with van der Waals surface area (Å²) < 4.78 is 5.46. The van der Waals surface area contributed by atoms with E-state index >= 15 is 0 Å². The average Bonchev–Trinajstić information content (AvgIpc) is 2.92. The van der Waals surface area contributed by atoms with Gasteiger partial charge in [0.15, 0.2) is 0 Å². The first-order valence-electron chi connectivity index (χ1n) is 7.19. The Hall–Kier alpha value is -1.39. The maximum absolute atomic E-state index is 5.46. The molecule has 20 heavy (non-hydrogen) atoms. The molecule has 4 heteroatoms. The van der Waals surface area contributed by atoms with Gasteiger partial charge in [0.1, 0.15) is 10.8 Å². The first-order valence-corrected chi connectivity index (χ1v) is 8.01. The zero-order valence-corrected chi connectivity index (χ0v) is 12.8. The number of ether oxygens (including phenoxy) is 1. The van der Waals surface area contributed by atoms with E-state index in [0.717, 1.165) is 29.3 Å². The van der Waals surface area contributed by atoms with Gasteiger partial charge >= 0.3 is 0 Å². The fourth-order valence-corrected chi connectivity index (χ4v) is 4.05. The molecule has 1 aromatic carbocycles. The van der Waals surface area contributed by atoms with Crippen LogP contribution in [0.25, 0.3) is 10.6 Å². The molecule has 0 spiro atoms. The number of fused-ring (bicyclic) bond motifs is 1. The molecule has 1 aliphatic rings. The highest BCUT2D eigenvalue weighted by Crippen LogP contribution is 2.40. The summed E-state index contributed by atoms with van der Waals surface area (Å²) in [7, 11) is 1.72. The van der Waals surface area contributed by atoms with Crippen LogP contribution in [0.3, 0.4) is 0 Å². The van der Waals surface area contributed by atoms with Crippen molar-refractivity contribution in [2.45, 2.75) is 32.2 Å². The summed E-state index contributed by atoms with van der Waals surface area (Å²) in [5.41, 5.74) is 2.37. The minimum absolute atomic E-state index is 0.477. The van der Waals surface area contributed by atoms with E-state index in [-0.39, 0.29) is 0 Å². The monoisotopic (exact) mass is 288 g/mol. The van der Waals surface area contributed by atoms with E-state index in [9.17, 15) is 0 Å². The van der Waals surface area contributed by atoms with Gasteiger partial charge in [0.05, 0.1) is 18.4 Å². The smallest absolute Gasteiger partial charge is 0.129 e. The van der Waals surface area contributed by atoms with Crippen LogP contribution in [0, 0.1) is 0 Å². The molecular formula is C16H20N2OS. The van der Waals surface area contributed by atoms with Gasteiger partial charge < -0.3 is 10.1 Å². The van der Waals surface area contributed by atoms with E-state index < -0.39 is 0 Å². The number of hydrogen-bond acceptors (Lipinski definition) is 4. The van der Waals surface area contributed by atoms with Crippen LogP contribution in [-0.4, -0.2) is 18.6 Å². The molecule has 0 saturated carbocycles. The molecule has 0 fully saturated rings. The molecule has 2 aromatic rings. The number of hydrogen-bond donors (Lipinski definition) is 1. The number of benzene rings is 1. The van der Waals surface area contributed by atoms with Crippen molar-refractivity contribution in [1.29, 1.82) is 0 Å². The Morgan fingerprint density at radius 2 is 2.25 bits per heavy atom. The van der Waals surface area contributed by atoms with E-state index in [4.69, 9.17) is 9.72 Å². The van der Waals surface area contributed by atoms with Crippen LogP contribution in [0.15, 0.2) is 24.3 Å². The highest BCUT2D eigenvalue weighted by molar-refractivity contribution is 7.15. The van der Waals surface area contributed by atoms with Gasteiger partial charge in [-0.1, -0.05) is 19.1 Å². The number of para-hydroxylation sites is 1. The van der Waals surface area contributed by atoms with Gasteiger partial charge in [-0.05, 0) is 37.9 Å². The number of nitrogens with zero attached hydrogens (tertiary/aromatic N) is 1. The van der Waals surface area contributed by atoms with Gasteiger partial charge in [-0.2, -0.15) is 0 Å². The number of methoxy groups -OCH3 is 1. The Morgan fingerprint density at radius 1 is 1.40 bits per heavy atom. The highest BCUT2D eigenvalue weighted by atomic mass is 32.1. The van der Waals surface area contributed by atoms with E-state index in [0.29, 0.717) is 6.04 Å². The number of aryl methyl sites for hydroxylation is 1. The van der Waals surface area contributed by atoms with Crippen LogP contribution < -0.4 is 10.1 Å². The molecule has 1 unspecified atom stereocenters. The van der Waals surface area contributed by atoms with Crippen molar-refractivity contribution in [2.75, 3.05) is 13.7 Å². The van der Waals surface area contributed by atoms with Crippen molar-refractivity contribution in [3.05, 3.63) is 34.8 Å². The van der Waals surface area contributed by atoms with Crippen molar-refractivity contribution in [2.24, 2.45) is 0 Å². The molecule has 0 amide bonds. The zero-order valence-electron chi connectivity index (χ0n) is 12.0. The van der Waals surface area contributed by atoms with E-state index in [1.807, 2.05) is 29.5 Å². The predicted molar refractivity (Wildman–Crippen MR) is 83.5 cm³/mol. The standard InChI is InChI=1S/C16H20N2OS/c1-3-17-12-8-6-9-13-15(12)20-16(18-13)11-7-4-5-10-14(11)19-2/h4-5,7,10,12,17H,3,6,8-9H2,1-2H3. The second kappa shape index (κ2) is 5.94. The Balaban J connectivity index is 2.00. The lowest BCUT2D eigenvalue weighted by molar-refractivity contribution is 0.416. The summed E-state index contributed by atoms with van der Waals surface area (Å²) in [6.45, 7) is 3.17. The summed E-state index contributed by atoms with van der Waals surface area (Å²) in [4.78, 5) is 6.28. The molecule has 0 saturated heterocycles. The zero-order chi connectivity index (χ0) is 13.9. The summed E-state index contributed by atoms with van der Waals surface area (Å²) >= 11 is 1.81. The minimum atomic E-state index is 0.477. The lowest BCUT2D eigenvalue weighted by Crippen LogP contribution is -2.23. The second-order valence-electron chi connectivity index (χ2n) is 5.03. The van der Waals surface area contributed by atoms with Gasteiger partial charge in [0, 0.05) is 10.9 Å². The number of thiazole rings is 1. The fraction of sp³-hybridized carbons (Fsp3) is 0.438. The van der Waals surface area contributed by atoms with Gasteiger partial charge in [-0.25, -0.2) is 4.98 Å². The van der Waals surface area contributed by atoms with Crippen molar-refractivity contribution >= 4 is 11.3 Å². The fourth-order valence-electron chi connectivity index (χ4n) is 2.80. The largest absolute Gasteiger partial charge is 0.496 e. The lowest BCUT2D eigenvalue weighted by Gasteiger charge is -2.21. The molecule has 1 N–H and O–H groups in total. The Bertz CT molecular complexity index is 594. The second-order valence-corrected chi connectivity index (χ2v) is 6.06. The molecule has 1 atom stereocenters. The van der Waals surface area contributed by atoms with Gasteiger partial charge in [0.25, 0.3) is 0 Å². The Labute approximate surface area is 124 Å². The summed E-state index contributed by atoms with van der Waals surface area (Å²) in [6, 6.07) is 8.60. The molecule has 0 aliphatic heterocycles. The van der Waals surface area contributed by atoms with E-state index in [1.54, 1.807) is 7.11 Å². The minimum Gasteiger partial charge on any atom is -0.496 e. The highest BCUT2D eigenvalue weighted by Gasteiger charge is 2.24. The van der Waals surface area contributed by atoms with Crippen LogP contribution in [0.5, 0.6) is 5.75 Å². The Morgan fingerprint density at radius 3 is 3.05 bits per heavy atom. The maximum Gasteiger partial charge on any atom is 0.129 e. The SMILES string of the molecule is CCNC1CCCc2nc(-c3ccccc3OC)sc21. The van der Waals surface area contributed by atoms with Gasteiger partial charge in [-0.15, -0.1) is 11.3 Å². The third-order valence-electron chi connectivity index (χ3n) is 3.74. The maximum atomic E-state index is 5.46. The lowest BCUT2D eigenvalue weighted by atomic mass is 9.98. The molecule has 3 nitrogen and oxygen atoms in total. The molecular weight excluding hydrogens is 268 g/mol. The van der Waals surface area contributed by atoms with Crippen LogP contribution in [0.4, 0.5) is 0 Å². The van der Waals surface area contributed by atoms with E-state index in [1.165, 1.54) is 23.4 Å². The van der Waals surface area contributed by atoms with Crippen LogP contribution >= 0.6 is 11.3 Å². The molecule has 1 aromatic heterocycles. The van der Waals surface area contributed by atoms with Crippen LogP contribution in [0.1, 0.15) is 36.4 Å².